The highest BCUT2D eigenvalue weighted by molar-refractivity contribution is 5.77. The Bertz CT molecular complexity index is 1300. The number of hydrogen-bond donors (Lipinski definition) is 0. The first kappa shape index (κ1) is 22.3. The van der Waals surface area contributed by atoms with Crippen molar-refractivity contribution >= 4 is 5.91 Å². The summed E-state index contributed by atoms with van der Waals surface area (Å²) in [5.74, 6) is 1.18. The van der Waals surface area contributed by atoms with E-state index < -0.39 is 11.2 Å². The van der Waals surface area contributed by atoms with Crippen LogP contribution in [0.4, 0.5) is 4.39 Å². The molecule has 7 rings (SSSR count). The Labute approximate surface area is 202 Å². The molecule has 0 unspecified atom stereocenters. The molecule has 0 atom stereocenters. The van der Waals surface area contributed by atoms with Gasteiger partial charge in [-0.25, -0.2) is 13.8 Å². The SMILES string of the molecule is N#Cc1cn(C2CC2)c(=O)n(CC(=O)N(Cc2ccc(F)cc2)C23CC4CC(CC(C4)C2)C3)c1=O. The first-order chi connectivity index (χ1) is 16.8. The summed E-state index contributed by atoms with van der Waals surface area (Å²) in [4.78, 5) is 41.9. The summed E-state index contributed by atoms with van der Waals surface area (Å²) in [7, 11) is 0. The standard InChI is InChI=1S/C27H29FN4O3/c28-22-3-1-17(2-4-22)14-32(27-10-18-7-19(11-27)9-20(8-18)12-27)24(33)16-31-25(34)21(13-29)15-30(26(31)35)23-5-6-23/h1-4,15,18-20,23H,5-12,14,16H2. The molecule has 7 nitrogen and oxygen atoms in total. The van der Waals surface area contributed by atoms with Crippen LogP contribution in [0.2, 0.25) is 0 Å². The smallest absolute Gasteiger partial charge is 0.331 e. The molecule has 5 fully saturated rings. The van der Waals surface area contributed by atoms with Gasteiger partial charge in [0, 0.05) is 24.3 Å². The fourth-order valence-electron chi connectivity index (χ4n) is 7.36. The predicted octanol–water partition coefficient (Wildman–Crippen LogP) is 3.35. The highest BCUT2D eigenvalue weighted by Crippen LogP contribution is 2.58. The average molecular weight is 477 g/mol. The van der Waals surface area contributed by atoms with Gasteiger partial charge in [0.05, 0.1) is 0 Å². The topological polar surface area (TPSA) is 88.1 Å². The number of aromatic nitrogens is 2. The molecule has 0 aliphatic heterocycles. The van der Waals surface area contributed by atoms with E-state index in [0.717, 1.165) is 42.2 Å². The Hall–Kier alpha value is -3.21. The minimum atomic E-state index is -0.713. The van der Waals surface area contributed by atoms with Gasteiger partial charge in [0.25, 0.3) is 5.56 Å². The third-order valence-corrected chi connectivity index (χ3v) is 8.68. The summed E-state index contributed by atoms with van der Waals surface area (Å²) in [5, 5.41) is 9.47. The number of carbonyl (C=O) groups is 1. The Morgan fingerprint density at radius 3 is 2.20 bits per heavy atom. The molecular weight excluding hydrogens is 447 g/mol. The zero-order valence-corrected chi connectivity index (χ0v) is 19.7. The molecule has 1 aromatic heterocycles. The number of rotatable bonds is 6. The van der Waals surface area contributed by atoms with Crippen LogP contribution in [-0.2, 0) is 17.9 Å². The van der Waals surface area contributed by atoms with E-state index in [4.69, 9.17) is 0 Å². The van der Waals surface area contributed by atoms with Crippen LogP contribution in [0.1, 0.15) is 68.5 Å². The maximum absolute atomic E-state index is 14.0. The van der Waals surface area contributed by atoms with Gasteiger partial charge in [-0.15, -0.1) is 0 Å². The minimum Gasteiger partial charge on any atom is -0.331 e. The highest BCUT2D eigenvalue weighted by Gasteiger charge is 2.54. The van der Waals surface area contributed by atoms with Crippen LogP contribution < -0.4 is 11.2 Å². The lowest BCUT2D eigenvalue weighted by Crippen LogP contribution is -2.62. The molecule has 1 heterocycles. The molecule has 4 bridgehead atoms. The number of nitrogens with zero attached hydrogens (tertiary/aromatic N) is 4. The number of halogens is 1. The Balaban J connectivity index is 1.38. The van der Waals surface area contributed by atoms with E-state index in [-0.39, 0.29) is 35.4 Å². The van der Waals surface area contributed by atoms with Gasteiger partial charge in [0.15, 0.2) is 0 Å². The second-order valence-electron chi connectivity index (χ2n) is 11.2. The molecule has 0 spiro atoms. The fraction of sp³-hybridized carbons (Fsp3) is 0.556. The van der Waals surface area contributed by atoms with Crippen molar-refractivity contribution in [3.05, 3.63) is 68.2 Å². The van der Waals surface area contributed by atoms with E-state index in [9.17, 15) is 24.0 Å². The van der Waals surface area contributed by atoms with Crippen LogP contribution in [0.15, 0.2) is 40.1 Å². The third-order valence-electron chi connectivity index (χ3n) is 8.68. The Kier molecular flexibility index (Phi) is 5.21. The summed E-state index contributed by atoms with van der Waals surface area (Å²) < 4.78 is 15.9. The highest BCUT2D eigenvalue weighted by atomic mass is 19.1. The van der Waals surface area contributed by atoms with Crippen molar-refractivity contribution in [3.8, 4) is 6.07 Å². The van der Waals surface area contributed by atoms with Crippen LogP contribution in [0.25, 0.3) is 0 Å². The van der Waals surface area contributed by atoms with Gasteiger partial charge in [-0.05, 0) is 86.8 Å². The molecule has 5 aliphatic rings. The number of nitriles is 1. The average Bonchev–Trinajstić information content (AvgIpc) is 3.66. The second-order valence-corrected chi connectivity index (χ2v) is 11.2. The van der Waals surface area contributed by atoms with E-state index in [1.165, 1.54) is 42.2 Å². The van der Waals surface area contributed by atoms with Crippen molar-refractivity contribution in [2.75, 3.05) is 0 Å². The summed E-state index contributed by atoms with van der Waals surface area (Å²) in [6.07, 6.45) is 9.43. The molecule has 5 saturated carbocycles. The van der Waals surface area contributed by atoms with E-state index in [1.807, 2.05) is 11.0 Å². The lowest BCUT2D eigenvalue weighted by atomic mass is 9.52. The van der Waals surface area contributed by atoms with Crippen molar-refractivity contribution in [1.29, 1.82) is 5.26 Å². The van der Waals surface area contributed by atoms with Crippen LogP contribution >= 0.6 is 0 Å². The second kappa shape index (κ2) is 8.18. The Morgan fingerprint density at radius 2 is 1.66 bits per heavy atom. The zero-order chi connectivity index (χ0) is 24.3. The molecule has 1 amide bonds. The molecule has 1 aromatic carbocycles. The minimum absolute atomic E-state index is 0.0185. The van der Waals surface area contributed by atoms with Gasteiger partial charge < -0.3 is 4.90 Å². The maximum atomic E-state index is 14.0. The summed E-state index contributed by atoms with van der Waals surface area (Å²) in [6, 6.07) is 8.05. The monoisotopic (exact) mass is 476 g/mol. The molecule has 5 aliphatic carbocycles. The zero-order valence-electron chi connectivity index (χ0n) is 19.7. The molecule has 8 heteroatoms. The van der Waals surface area contributed by atoms with Crippen LogP contribution in [0.3, 0.4) is 0 Å². The van der Waals surface area contributed by atoms with Gasteiger partial charge in [-0.3, -0.25) is 14.2 Å². The quantitative estimate of drug-likeness (QED) is 0.640. The predicted molar refractivity (Wildman–Crippen MR) is 126 cm³/mol. The van der Waals surface area contributed by atoms with Crippen LogP contribution in [0.5, 0.6) is 0 Å². The van der Waals surface area contributed by atoms with Crippen molar-refractivity contribution in [3.63, 3.8) is 0 Å². The lowest BCUT2D eigenvalue weighted by molar-refractivity contribution is -0.153. The Morgan fingerprint density at radius 1 is 1.06 bits per heavy atom. The van der Waals surface area contributed by atoms with E-state index in [1.54, 1.807) is 12.1 Å². The molecular formula is C27H29FN4O3. The molecule has 0 saturated heterocycles. The van der Waals surface area contributed by atoms with Crippen molar-refractivity contribution in [2.45, 2.75) is 76.0 Å². The van der Waals surface area contributed by atoms with E-state index >= 15 is 0 Å². The largest absolute Gasteiger partial charge is 0.331 e. The first-order valence-corrected chi connectivity index (χ1v) is 12.7. The van der Waals surface area contributed by atoms with Crippen LogP contribution in [-0.4, -0.2) is 25.5 Å². The lowest BCUT2D eigenvalue weighted by Gasteiger charge is -2.60. The maximum Gasteiger partial charge on any atom is 0.331 e. The van der Waals surface area contributed by atoms with Gasteiger partial charge in [0.1, 0.15) is 24.0 Å². The molecule has 0 radical (unpaired) electrons. The molecule has 2 aromatic rings. The molecule has 35 heavy (non-hydrogen) atoms. The van der Waals surface area contributed by atoms with Crippen LogP contribution in [0, 0.1) is 34.9 Å². The fourth-order valence-corrected chi connectivity index (χ4v) is 7.36. The summed E-state index contributed by atoms with van der Waals surface area (Å²) in [5.41, 5.74) is -0.841. The first-order valence-electron chi connectivity index (χ1n) is 12.7. The molecule has 0 N–H and O–H groups in total. The third kappa shape index (κ3) is 3.91. The molecule has 182 valence electrons. The van der Waals surface area contributed by atoms with Crippen molar-refractivity contribution < 1.29 is 9.18 Å². The normalized spacial score (nSPS) is 28.6. The number of carbonyl (C=O) groups excluding carboxylic acids is 1. The van der Waals surface area contributed by atoms with E-state index in [2.05, 4.69) is 0 Å². The number of amides is 1. The summed E-state index contributed by atoms with van der Waals surface area (Å²) >= 11 is 0. The number of benzene rings is 1. The van der Waals surface area contributed by atoms with Gasteiger partial charge in [0.2, 0.25) is 5.91 Å². The number of hydrogen-bond acceptors (Lipinski definition) is 4. The van der Waals surface area contributed by atoms with Crippen molar-refractivity contribution in [2.24, 2.45) is 17.8 Å². The van der Waals surface area contributed by atoms with Crippen molar-refractivity contribution in [1.82, 2.24) is 14.0 Å². The van der Waals surface area contributed by atoms with E-state index in [0.29, 0.717) is 24.3 Å². The van der Waals surface area contributed by atoms with Gasteiger partial charge in [-0.2, -0.15) is 5.26 Å². The summed E-state index contributed by atoms with van der Waals surface area (Å²) in [6.45, 7) is -0.0718. The van der Waals surface area contributed by atoms with Gasteiger partial charge >= 0.3 is 5.69 Å². The van der Waals surface area contributed by atoms with Gasteiger partial charge in [-0.1, -0.05) is 12.1 Å².